The van der Waals surface area contributed by atoms with E-state index < -0.39 is 20.6 Å². The maximum absolute atomic E-state index is 10.7. The van der Waals surface area contributed by atoms with Crippen LogP contribution >= 0.6 is 23.2 Å². The molecule has 5 nitrogen and oxygen atoms in total. The lowest BCUT2D eigenvalue weighted by Crippen LogP contribution is -2.40. The predicted molar refractivity (Wildman–Crippen MR) is 58.8 cm³/mol. The van der Waals surface area contributed by atoms with Gasteiger partial charge in [0.25, 0.3) is 10.1 Å². The van der Waals surface area contributed by atoms with Gasteiger partial charge < -0.3 is 10.2 Å². The number of hydrogen-bond donors (Lipinski definition) is 3. The lowest BCUT2D eigenvalue weighted by atomic mass is 10.1. The quantitative estimate of drug-likeness (QED) is 0.568. The number of aliphatic hydroxyl groups is 2. The van der Waals surface area contributed by atoms with Gasteiger partial charge in [-0.1, -0.05) is 41.4 Å². The minimum atomic E-state index is -4.91. The molecule has 0 bridgehead atoms. The molecular weight excluding hydrogens is 279 g/mol. The van der Waals surface area contributed by atoms with Crippen molar-refractivity contribution in [1.82, 2.24) is 0 Å². The molecule has 0 saturated heterocycles. The van der Waals surface area contributed by atoms with Gasteiger partial charge in [0, 0.05) is 10.6 Å². The third-order valence-corrected chi connectivity index (χ3v) is 3.64. The highest BCUT2D eigenvalue weighted by Gasteiger charge is 2.44. The fraction of sp³-hybridized carbons (Fsp3) is 0.250. The van der Waals surface area contributed by atoms with E-state index in [0.717, 1.165) is 0 Å². The molecule has 0 heterocycles. The Hall–Kier alpha value is -0.370. The summed E-state index contributed by atoms with van der Waals surface area (Å²) in [4.78, 5) is 0. The van der Waals surface area contributed by atoms with Gasteiger partial charge in [-0.3, -0.25) is 4.55 Å². The van der Waals surface area contributed by atoms with Gasteiger partial charge in [-0.15, -0.1) is 0 Å². The van der Waals surface area contributed by atoms with E-state index in [1.54, 1.807) is 0 Å². The van der Waals surface area contributed by atoms with Crippen molar-refractivity contribution < 1.29 is 23.2 Å². The summed E-state index contributed by atoms with van der Waals surface area (Å²) in [5.74, 6) is 0. The van der Waals surface area contributed by atoms with E-state index in [0.29, 0.717) is 0 Å². The second-order valence-electron chi connectivity index (χ2n) is 3.02. The number of benzene rings is 1. The van der Waals surface area contributed by atoms with Gasteiger partial charge in [0.05, 0.1) is 0 Å². The van der Waals surface area contributed by atoms with E-state index >= 15 is 0 Å². The fourth-order valence-corrected chi connectivity index (χ4v) is 2.43. The van der Waals surface area contributed by atoms with Crippen LogP contribution in [-0.2, 0) is 15.2 Å². The lowest BCUT2D eigenvalue weighted by Gasteiger charge is -2.25. The van der Waals surface area contributed by atoms with Gasteiger partial charge in [0.2, 0.25) is 10.5 Å². The van der Waals surface area contributed by atoms with Crippen molar-refractivity contribution >= 4 is 33.3 Å². The minimum Gasteiger partial charge on any atom is -0.372 e. The Morgan fingerprint density at radius 2 is 1.81 bits per heavy atom. The van der Waals surface area contributed by atoms with Crippen molar-refractivity contribution in [3.63, 3.8) is 0 Å². The summed E-state index contributed by atoms with van der Waals surface area (Å²) >= 11 is 11.2. The zero-order valence-electron chi connectivity index (χ0n) is 7.71. The van der Waals surface area contributed by atoms with Crippen LogP contribution in [0.4, 0.5) is 0 Å². The summed E-state index contributed by atoms with van der Waals surface area (Å²) in [6, 6.07) is 5.54. The van der Waals surface area contributed by atoms with E-state index in [-0.39, 0.29) is 10.6 Å². The van der Waals surface area contributed by atoms with E-state index in [1.807, 2.05) is 0 Å². The first-order chi connectivity index (χ1) is 7.17. The molecule has 90 valence electrons. The Kier molecular flexibility index (Phi) is 3.83. The van der Waals surface area contributed by atoms with Crippen molar-refractivity contribution in [2.24, 2.45) is 0 Å². The Bertz CT molecular complexity index is 485. The van der Waals surface area contributed by atoms with Crippen molar-refractivity contribution in [3.8, 4) is 0 Å². The summed E-state index contributed by atoms with van der Waals surface area (Å²) in [5, 5.41) is 16.1. The summed E-state index contributed by atoms with van der Waals surface area (Å²) in [5.41, 5.74) is -2.81. The zero-order valence-corrected chi connectivity index (χ0v) is 10.0. The zero-order chi connectivity index (χ0) is 12.6. The molecule has 1 aromatic carbocycles. The molecule has 8 heteroatoms. The first-order valence-electron chi connectivity index (χ1n) is 3.98. The van der Waals surface area contributed by atoms with Crippen LogP contribution < -0.4 is 0 Å². The molecule has 0 fully saturated rings. The van der Waals surface area contributed by atoms with Crippen molar-refractivity contribution in [3.05, 3.63) is 34.9 Å². The second kappa shape index (κ2) is 4.48. The van der Waals surface area contributed by atoms with Gasteiger partial charge in [0.15, 0.2) is 0 Å². The molecule has 0 spiro atoms. The Morgan fingerprint density at radius 3 is 2.25 bits per heavy atom. The van der Waals surface area contributed by atoms with E-state index in [9.17, 15) is 18.6 Å². The highest BCUT2D eigenvalue weighted by atomic mass is 35.5. The van der Waals surface area contributed by atoms with Crippen molar-refractivity contribution in [2.45, 2.75) is 10.5 Å². The smallest absolute Gasteiger partial charge is 0.296 e. The van der Waals surface area contributed by atoms with Crippen LogP contribution in [0, 0.1) is 0 Å². The molecule has 0 saturated carbocycles. The normalized spacial score (nSPS) is 17.8. The number of rotatable bonds is 3. The highest BCUT2D eigenvalue weighted by Crippen LogP contribution is 2.36. The standard InChI is InChI=1S/C8H8Cl2O5S/c9-6-4-2-1-3-5(6)8(10,12)7(11)16(13,14)15/h1-4,7,11-12H,(H,13,14,15). The van der Waals surface area contributed by atoms with Crippen LogP contribution in [0.3, 0.4) is 0 Å². The summed E-state index contributed by atoms with van der Waals surface area (Å²) < 4.78 is 30.0. The van der Waals surface area contributed by atoms with E-state index in [2.05, 4.69) is 0 Å². The average Bonchev–Trinajstić information content (AvgIpc) is 2.15. The molecule has 3 N–H and O–H groups in total. The van der Waals surface area contributed by atoms with Gasteiger partial charge in [-0.2, -0.15) is 8.42 Å². The van der Waals surface area contributed by atoms with E-state index in [1.165, 1.54) is 24.3 Å². The lowest BCUT2D eigenvalue weighted by molar-refractivity contribution is 0.0250. The monoisotopic (exact) mass is 286 g/mol. The summed E-state index contributed by atoms with van der Waals surface area (Å²) in [6.45, 7) is 0. The van der Waals surface area contributed by atoms with Crippen molar-refractivity contribution in [2.75, 3.05) is 0 Å². The third kappa shape index (κ3) is 2.65. The first kappa shape index (κ1) is 13.7. The summed E-state index contributed by atoms with van der Waals surface area (Å²) in [7, 11) is -4.91. The van der Waals surface area contributed by atoms with Crippen LogP contribution in [0.5, 0.6) is 0 Å². The molecule has 0 aliphatic carbocycles. The molecule has 0 aliphatic heterocycles. The van der Waals surface area contributed by atoms with Crippen LogP contribution in [0.15, 0.2) is 24.3 Å². The largest absolute Gasteiger partial charge is 0.372 e. The molecule has 0 amide bonds. The molecule has 1 aromatic rings. The number of aliphatic hydroxyl groups excluding tert-OH is 1. The predicted octanol–water partition coefficient (Wildman–Crippen LogP) is 0.930. The number of hydrogen-bond acceptors (Lipinski definition) is 4. The van der Waals surface area contributed by atoms with Crippen LogP contribution in [-0.4, -0.2) is 28.6 Å². The van der Waals surface area contributed by atoms with Crippen LogP contribution in [0.25, 0.3) is 0 Å². The molecule has 2 unspecified atom stereocenters. The second-order valence-corrected chi connectivity index (χ2v) is 5.48. The molecule has 0 aromatic heterocycles. The topological polar surface area (TPSA) is 94.8 Å². The number of alkyl halides is 1. The van der Waals surface area contributed by atoms with Gasteiger partial charge in [0.1, 0.15) is 0 Å². The molecule has 16 heavy (non-hydrogen) atoms. The van der Waals surface area contributed by atoms with Gasteiger partial charge in [-0.25, -0.2) is 0 Å². The number of halogens is 2. The Morgan fingerprint density at radius 1 is 1.31 bits per heavy atom. The highest BCUT2D eigenvalue weighted by molar-refractivity contribution is 7.86. The molecular formula is C8H8Cl2O5S. The maximum Gasteiger partial charge on any atom is 0.296 e. The molecule has 1 rings (SSSR count). The molecule has 0 aliphatic rings. The maximum atomic E-state index is 10.7. The average molecular weight is 287 g/mol. The van der Waals surface area contributed by atoms with Gasteiger partial charge in [-0.05, 0) is 6.07 Å². The minimum absolute atomic E-state index is 0.0392. The Labute approximate surface area is 102 Å². The van der Waals surface area contributed by atoms with E-state index in [4.69, 9.17) is 27.8 Å². The van der Waals surface area contributed by atoms with Crippen LogP contribution in [0.1, 0.15) is 5.56 Å². The molecule has 2 atom stereocenters. The first-order valence-corrected chi connectivity index (χ1v) is 6.24. The molecule has 0 radical (unpaired) electrons. The van der Waals surface area contributed by atoms with Crippen LogP contribution in [0.2, 0.25) is 5.02 Å². The fourth-order valence-electron chi connectivity index (χ4n) is 1.08. The van der Waals surface area contributed by atoms with Gasteiger partial charge >= 0.3 is 0 Å². The SMILES string of the molecule is O=S(=O)(O)C(O)C(O)(Cl)c1ccccc1Cl. The Balaban J connectivity index is 3.27. The summed E-state index contributed by atoms with van der Waals surface area (Å²) in [6.07, 6.45) is 0. The third-order valence-electron chi connectivity index (χ3n) is 1.86. The van der Waals surface area contributed by atoms with Crippen molar-refractivity contribution in [1.29, 1.82) is 0 Å².